The van der Waals surface area contributed by atoms with Crippen molar-refractivity contribution >= 4 is 23.2 Å². The van der Waals surface area contributed by atoms with E-state index < -0.39 is 0 Å². The topological polar surface area (TPSA) is 71.6 Å². The first-order valence-electron chi connectivity index (χ1n) is 8.83. The molecule has 0 saturated carbocycles. The summed E-state index contributed by atoms with van der Waals surface area (Å²) in [5, 5.41) is 2.97. The van der Waals surface area contributed by atoms with Crippen LogP contribution in [0.4, 0.5) is 0 Å². The van der Waals surface area contributed by atoms with Crippen molar-refractivity contribution in [3.05, 3.63) is 64.3 Å². The molecule has 0 spiro atoms. The first-order chi connectivity index (χ1) is 13.1. The number of likely N-dealkylation sites (tertiary alicyclic amines) is 1. The monoisotopic (exact) mass is 382 g/mol. The molecule has 2 aliphatic rings. The highest BCUT2D eigenvalue weighted by Crippen LogP contribution is 2.35. The van der Waals surface area contributed by atoms with E-state index in [-0.39, 0.29) is 23.9 Å². The van der Waals surface area contributed by atoms with Crippen molar-refractivity contribution in [2.45, 2.75) is 25.6 Å². The lowest BCUT2D eigenvalue weighted by Gasteiger charge is -2.37. The minimum absolute atomic E-state index is 0.0146. The van der Waals surface area contributed by atoms with Crippen LogP contribution in [0.25, 0.3) is 0 Å². The van der Waals surface area contributed by atoms with Gasteiger partial charge >= 0.3 is 0 Å². The summed E-state index contributed by atoms with van der Waals surface area (Å²) < 4.78 is 7.28. The first kappa shape index (κ1) is 16.3. The fraction of sp³-hybridized carbons (Fsp3) is 0.316. The molecule has 1 saturated heterocycles. The molecule has 138 valence electrons. The van der Waals surface area contributed by atoms with Gasteiger partial charge in [0.2, 0.25) is 0 Å². The SMILES string of the molecule is Cc1nc(CN2C(=O)c3cccn3[C@H]3CN(C(=O)c4ccco4)C[C@@H]32)cs1. The van der Waals surface area contributed by atoms with Gasteiger partial charge in [0.05, 0.1) is 35.6 Å². The molecular weight excluding hydrogens is 364 g/mol. The molecule has 7 nitrogen and oxygen atoms in total. The van der Waals surface area contributed by atoms with Crippen molar-refractivity contribution in [3.8, 4) is 0 Å². The van der Waals surface area contributed by atoms with Crippen LogP contribution in [-0.2, 0) is 6.54 Å². The van der Waals surface area contributed by atoms with Gasteiger partial charge in [0, 0.05) is 24.7 Å². The molecule has 0 aliphatic carbocycles. The first-order valence-corrected chi connectivity index (χ1v) is 9.71. The number of carbonyl (C=O) groups is 2. The van der Waals surface area contributed by atoms with Gasteiger partial charge in [-0.2, -0.15) is 0 Å². The van der Waals surface area contributed by atoms with Gasteiger partial charge in [0.1, 0.15) is 5.69 Å². The summed E-state index contributed by atoms with van der Waals surface area (Å²) in [5.74, 6) is 0.175. The van der Waals surface area contributed by atoms with Crippen molar-refractivity contribution in [1.29, 1.82) is 0 Å². The van der Waals surface area contributed by atoms with Gasteiger partial charge in [-0.15, -0.1) is 11.3 Å². The number of thiazole rings is 1. The van der Waals surface area contributed by atoms with Crippen LogP contribution in [0.15, 0.2) is 46.5 Å². The zero-order valence-electron chi connectivity index (χ0n) is 14.7. The molecule has 27 heavy (non-hydrogen) atoms. The maximum absolute atomic E-state index is 13.1. The maximum Gasteiger partial charge on any atom is 0.289 e. The zero-order valence-corrected chi connectivity index (χ0v) is 15.6. The van der Waals surface area contributed by atoms with Crippen LogP contribution in [0.1, 0.15) is 37.8 Å². The standard InChI is InChI=1S/C19H18N4O3S/c1-12-20-13(11-27-12)8-23-16-10-21(19(25)17-5-3-7-26-17)9-15(16)22-6-2-4-14(22)18(23)24/h2-7,11,15-16H,8-10H2,1H3/t15-,16-/m0/s1. The zero-order chi connectivity index (χ0) is 18.5. The summed E-state index contributed by atoms with van der Waals surface area (Å²) in [6, 6.07) is 7.06. The molecule has 5 rings (SSSR count). The molecule has 3 aromatic rings. The highest BCUT2D eigenvalue weighted by atomic mass is 32.1. The second-order valence-electron chi connectivity index (χ2n) is 6.91. The van der Waals surface area contributed by atoms with E-state index in [1.165, 1.54) is 6.26 Å². The third-order valence-electron chi connectivity index (χ3n) is 5.29. The lowest BCUT2D eigenvalue weighted by molar-refractivity contribution is 0.0546. The Labute approximate surface area is 159 Å². The van der Waals surface area contributed by atoms with Gasteiger partial charge in [-0.05, 0) is 31.2 Å². The maximum atomic E-state index is 13.1. The molecule has 2 atom stereocenters. The third kappa shape index (κ3) is 2.59. The molecule has 0 N–H and O–H groups in total. The second-order valence-corrected chi connectivity index (χ2v) is 7.98. The van der Waals surface area contributed by atoms with E-state index in [0.29, 0.717) is 31.1 Å². The summed E-state index contributed by atoms with van der Waals surface area (Å²) in [5.41, 5.74) is 1.55. The molecule has 0 aromatic carbocycles. The number of nitrogens with zero attached hydrogens (tertiary/aromatic N) is 4. The van der Waals surface area contributed by atoms with Gasteiger partial charge in [0.25, 0.3) is 11.8 Å². The summed E-state index contributed by atoms with van der Waals surface area (Å²) in [4.78, 5) is 34.0. The van der Waals surface area contributed by atoms with E-state index in [2.05, 4.69) is 4.98 Å². The molecule has 2 aliphatic heterocycles. The Morgan fingerprint density at radius 1 is 1.30 bits per heavy atom. The number of amides is 2. The molecule has 1 fully saturated rings. The Balaban J connectivity index is 1.48. The van der Waals surface area contributed by atoms with Gasteiger partial charge < -0.3 is 18.8 Å². The molecular formula is C19H18N4O3S. The number of aryl methyl sites for hydroxylation is 1. The summed E-state index contributed by atoms with van der Waals surface area (Å²) in [6.45, 7) is 3.44. The number of aromatic nitrogens is 2. The Hall–Kier alpha value is -2.87. The van der Waals surface area contributed by atoms with Gasteiger partial charge in [0.15, 0.2) is 5.76 Å². The van der Waals surface area contributed by atoms with E-state index >= 15 is 0 Å². The average Bonchev–Trinajstić information content (AvgIpc) is 3.44. The Morgan fingerprint density at radius 3 is 2.89 bits per heavy atom. The summed E-state index contributed by atoms with van der Waals surface area (Å²) in [7, 11) is 0. The summed E-state index contributed by atoms with van der Waals surface area (Å²) >= 11 is 1.58. The number of fused-ring (bicyclic) bond motifs is 3. The number of rotatable bonds is 3. The normalized spacial score (nSPS) is 21.4. The van der Waals surface area contributed by atoms with Crippen LogP contribution in [-0.4, -0.2) is 50.3 Å². The fourth-order valence-electron chi connectivity index (χ4n) is 4.08. The van der Waals surface area contributed by atoms with Crippen molar-refractivity contribution in [1.82, 2.24) is 19.4 Å². The lowest BCUT2D eigenvalue weighted by atomic mass is 10.1. The van der Waals surface area contributed by atoms with E-state index in [9.17, 15) is 9.59 Å². The largest absolute Gasteiger partial charge is 0.459 e. The second kappa shape index (κ2) is 6.09. The molecule has 8 heteroatoms. The third-order valence-corrected chi connectivity index (χ3v) is 6.12. The van der Waals surface area contributed by atoms with Crippen molar-refractivity contribution in [2.75, 3.05) is 13.1 Å². The van der Waals surface area contributed by atoms with Crippen molar-refractivity contribution < 1.29 is 14.0 Å². The predicted molar refractivity (Wildman–Crippen MR) is 98.6 cm³/mol. The lowest BCUT2D eigenvalue weighted by Crippen LogP contribution is -2.49. The number of furan rings is 1. The van der Waals surface area contributed by atoms with Crippen LogP contribution >= 0.6 is 11.3 Å². The molecule has 0 bridgehead atoms. The van der Waals surface area contributed by atoms with Crippen LogP contribution in [0.5, 0.6) is 0 Å². The average molecular weight is 382 g/mol. The van der Waals surface area contributed by atoms with Crippen LogP contribution < -0.4 is 0 Å². The van der Waals surface area contributed by atoms with Crippen LogP contribution in [0.2, 0.25) is 0 Å². The van der Waals surface area contributed by atoms with Crippen molar-refractivity contribution in [2.24, 2.45) is 0 Å². The molecule has 0 unspecified atom stereocenters. The molecule has 0 radical (unpaired) electrons. The van der Waals surface area contributed by atoms with Crippen molar-refractivity contribution in [3.63, 3.8) is 0 Å². The Kier molecular flexibility index (Phi) is 3.68. The van der Waals surface area contributed by atoms with Crippen LogP contribution in [0.3, 0.4) is 0 Å². The molecule has 2 amide bonds. The van der Waals surface area contributed by atoms with E-state index in [4.69, 9.17) is 4.42 Å². The Morgan fingerprint density at radius 2 is 2.15 bits per heavy atom. The highest BCUT2D eigenvalue weighted by molar-refractivity contribution is 7.09. The molecule has 3 aromatic heterocycles. The quantitative estimate of drug-likeness (QED) is 0.698. The van der Waals surface area contributed by atoms with E-state index in [1.54, 1.807) is 28.4 Å². The Bertz CT molecular complexity index is 1010. The number of carbonyl (C=O) groups excluding carboxylic acids is 2. The predicted octanol–water partition coefficient (Wildman–Crippen LogP) is 2.57. The van der Waals surface area contributed by atoms with Gasteiger partial charge in [-0.25, -0.2) is 4.98 Å². The minimum atomic E-state index is -0.139. The van der Waals surface area contributed by atoms with Gasteiger partial charge in [-0.3, -0.25) is 9.59 Å². The highest BCUT2D eigenvalue weighted by Gasteiger charge is 2.46. The van der Waals surface area contributed by atoms with Gasteiger partial charge in [-0.1, -0.05) is 0 Å². The minimum Gasteiger partial charge on any atom is -0.459 e. The summed E-state index contributed by atoms with van der Waals surface area (Å²) in [6.07, 6.45) is 3.43. The molecule has 5 heterocycles. The fourth-order valence-corrected chi connectivity index (χ4v) is 4.68. The smallest absolute Gasteiger partial charge is 0.289 e. The number of hydrogen-bond acceptors (Lipinski definition) is 5. The van der Waals surface area contributed by atoms with Crippen LogP contribution in [0, 0.1) is 6.92 Å². The van der Waals surface area contributed by atoms with E-state index in [0.717, 1.165) is 10.7 Å². The number of hydrogen-bond donors (Lipinski definition) is 0. The van der Waals surface area contributed by atoms with E-state index in [1.807, 2.05) is 40.1 Å².